The van der Waals surface area contributed by atoms with Crippen LogP contribution in [-0.4, -0.2) is 148 Å². The number of aromatic nitrogens is 1. The van der Waals surface area contributed by atoms with Crippen molar-refractivity contribution < 1.29 is 84.8 Å². The summed E-state index contributed by atoms with van der Waals surface area (Å²) in [5.74, 6) is -11.8. The zero-order chi connectivity index (χ0) is 63.0. The van der Waals surface area contributed by atoms with Crippen molar-refractivity contribution in [1.29, 1.82) is 0 Å². The predicted octanol–water partition coefficient (Wildman–Crippen LogP) is 0.896. The Balaban J connectivity index is 1.61. The van der Waals surface area contributed by atoms with Gasteiger partial charge in [0.05, 0.1) is 25.4 Å². The summed E-state index contributed by atoms with van der Waals surface area (Å²) in [5.41, 5.74) is 7.29. The zero-order valence-corrected chi connectivity index (χ0v) is 48.4. The second kappa shape index (κ2) is 32.8. The number of benzene rings is 3. The van der Waals surface area contributed by atoms with Crippen molar-refractivity contribution in [2.45, 2.75) is 153 Å². The van der Waals surface area contributed by atoms with E-state index in [0.717, 1.165) is 0 Å². The van der Waals surface area contributed by atoms with Crippen LogP contribution >= 0.6 is 0 Å². The number of imide groups is 1. The third kappa shape index (κ3) is 24.4. The second-order valence-electron chi connectivity index (χ2n) is 20.8. The molecule has 0 bridgehead atoms. The normalized spacial score (nSPS) is 13.8. The molecule has 0 saturated heterocycles. The van der Waals surface area contributed by atoms with E-state index < -0.39 is 149 Å². The number of aromatic amines is 1. The van der Waals surface area contributed by atoms with Gasteiger partial charge in [0.1, 0.15) is 47.6 Å². The molecular formula is C56H74N10O18S. The molecule has 462 valence electrons. The Morgan fingerprint density at radius 1 is 0.600 bits per heavy atom. The number of nitrogens with one attached hydrogen (secondary N) is 9. The molecule has 9 amide bonds. The van der Waals surface area contributed by atoms with E-state index >= 15 is 0 Å². The largest absolute Gasteiger partial charge is 0.508 e. The SMILES string of the molecule is CCCCC(NC(=O)C(N)Cc1ccc(O)cc1)C(=O)NCC(=O)NC(Cc1c[nH]c2ccccc12)C(=O)NC(CCCC)C(=O)NC(CC(=O)OS(=O)(=O)O)C(=O)NC(Cc1ccccc1)C(=O)NC(=O)C(CC(=O)O)NC(=O)OC(C)(C)C. The number of aliphatic carboxylic acids is 1. The summed E-state index contributed by atoms with van der Waals surface area (Å²) < 4.78 is 41.7. The first kappa shape index (κ1) is 68.5. The van der Waals surface area contributed by atoms with Gasteiger partial charge < -0.3 is 67.1 Å². The van der Waals surface area contributed by atoms with Crippen LogP contribution in [0.15, 0.2) is 85.1 Å². The highest BCUT2D eigenvalue weighted by Gasteiger charge is 2.36. The molecular weight excluding hydrogens is 1130 g/mol. The molecule has 0 aliphatic rings. The standard InChI is InChI=1S/C56H74N10O18S/c1-6-8-18-39(61-48(72)37(57)25-33-21-23-35(67)24-22-33)49(73)59-31-45(68)60-42(27-34-30-58-38-20-14-13-17-36(34)38)51(75)62-40(19-9-7-2)50(74)64-44(29-47(71)84-85(80,81)82)52(76)63-41(26-32-15-11-10-12-16-32)53(77)66-54(78)43(28-46(69)70)65-55(79)83-56(3,4)5/h10-17,20-24,30,37,39-44,58,67H,6-9,18-19,25-29,31,57H2,1-5H3,(H,59,73)(H,60,68)(H,61,72)(H,62,75)(H,63,76)(H,64,74)(H,65,79)(H,69,70)(H,66,77,78)(H,80,81,82). The Kier molecular flexibility index (Phi) is 26.4. The molecule has 0 radical (unpaired) electrons. The molecule has 14 N–H and O–H groups in total. The number of phenolic OH excluding ortho intramolecular Hbond substituents is 1. The highest BCUT2D eigenvalue weighted by atomic mass is 32.3. The Labute approximate surface area is 490 Å². The number of para-hydroxylation sites is 1. The maximum atomic E-state index is 14.5. The summed E-state index contributed by atoms with van der Waals surface area (Å²) in [6, 6.07) is 9.69. The van der Waals surface area contributed by atoms with E-state index in [0.29, 0.717) is 46.9 Å². The molecule has 28 nitrogen and oxygen atoms in total. The van der Waals surface area contributed by atoms with E-state index in [1.54, 1.807) is 67.7 Å². The van der Waals surface area contributed by atoms with E-state index in [2.05, 4.69) is 46.4 Å². The highest BCUT2D eigenvalue weighted by molar-refractivity contribution is 7.81. The fourth-order valence-corrected chi connectivity index (χ4v) is 8.71. The van der Waals surface area contributed by atoms with Crippen molar-refractivity contribution in [2.24, 2.45) is 5.73 Å². The molecule has 0 aliphatic heterocycles. The topological polar surface area (TPSA) is 439 Å². The van der Waals surface area contributed by atoms with Crippen LogP contribution in [0, 0.1) is 0 Å². The van der Waals surface area contributed by atoms with Crippen LogP contribution in [0.3, 0.4) is 0 Å². The number of hydrogen-bond donors (Lipinski definition) is 13. The summed E-state index contributed by atoms with van der Waals surface area (Å²) in [6.45, 7) is 7.40. The number of alkyl carbamates (subject to hydrolysis) is 1. The molecule has 4 aromatic rings. The molecule has 7 unspecified atom stereocenters. The van der Waals surface area contributed by atoms with Gasteiger partial charge >= 0.3 is 28.4 Å². The lowest BCUT2D eigenvalue weighted by atomic mass is 10.0. The molecule has 0 fully saturated rings. The fraction of sp³-hybridized carbons (Fsp3) is 0.446. The number of nitrogens with two attached hydrogens (primary N) is 1. The molecule has 0 aliphatic carbocycles. The highest BCUT2D eigenvalue weighted by Crippen LogP contribution is 2.20. The van der Waals surface area contributed by atoms with Crippen LogP contribution in [-0.2, 0) is 86.5 Å². The van der Waals surface area contributed by atoms with Crippen LogP contribution in [0.4, 0.5) is 4.79 Å². The Morgan fingerprint density at radius 3 is 1.73 bits per heavy atom. The van der Waals surface area contributed by atoms with Crippen LogP contribution in [0.25, 0.3) is 10.9 Å². The monoisotopic (exact) mass is 1210 g/mol. The number of H-pyrrole nitrogens is 1. The molecule has 29 heteroatoms. The molecule has 1 heterocycles. The lowest BCUT2D eigenvalue weighted by molar-refractivity contribution is -0.142. The van der Waals surface area contributed by atoms with E-state index in [-0.39, 0.29) is 37.9 Å². The average molecular weight is 1210 g/mol. The van der Waals surface area contributed by atoms with Crippen LogP contribution in [0.2, 0.25) is 0 Å². The van der Waals surface area contributed by atoms with Crippen LogP contribution < -0.4 is 48.3 Å². The number of carboxylic acids is 1. The minimum absolute atomic E-state index is 0.0203. The van der Waals surface area contributed by atoms with Gasteiger partial charge in [0.2, 0.25) is 47.3 Å². The number of unbranched alkanes of at least 4 members (excludes halogenated alkanes) is 2. The van der Waals surface area contributed by atoms with Gasteiger partial charge in [0.25, 0.3) is 0 Å². The molecule has 4 rings (SSSR count). The molecule has 0 spiro atoms. The average Bonchev–Trinajstić information content (AvgIpc) is 4.13. The molecule has 0 saturated carbocycles. The van der Waals surface area contributed by atoms with Gasteiger partial charge in [0.15, 0.2) is 0 Å². The van der Waals surface area contributed by atoms with E-state index in [1.807, 2.05) is 12.2 Å². The van der Waals surface area contributed by atoms with Gasteiger partial charge in [-0.05, 0) is 74.9 Å². The summed E-state index contributed by atoms with van der Waals surface area (Å²) in [6.07, 6.45) is -0.695. The van der Waals surface area contributed by atoms with Gasteiger partial charge in [-0.1, -0.05) is 100 Å². The maximum Gasteiger partial charge on any atom is 0.448 e. The number of fused-ring (bicyclic) bond motifs is 1. The number of carboxylic acid groups (broad SMARTS) is 1. The van der Waals surface area contributed by atoms with Crippen molar-refractivity contribution in [3.8, 4) is 5.75 Å². The molecule has 1 aromatic heterocycles. The second-order valence-corrected chi connectivity index (χ2v) is 21.9. The van der Waals surface area contributed by atoms with Gasteiger partial charge in [-0.2, -0.15) is 8.42 Å². The summed E-state index contributed by atoms with van der Waals surface area (Å²) in [7, 11) is -5.51. The molecule has 3 aromatic carbocycles. The first-order valence-corrected chi connectivity index (χ1v) is 28.6. The van der Waals surface area contributed by atoms with Crippen molar-refractivity contribution in [3.05, 3.63) is 102 Å². The smallest absolute Gasteiger partial charge is 0.448 e. The lowest BCUT2D eigenvalue weighted by Crippen LogP contribution is -2.60. The third-order valence-corrected chi connectivity index (χ3v) is 13.0. The molecule has 7 atom stereocenters. The third-order valence-electron chi connectivity index (χ3n) is 12.6. The Bertz CT molecular complexity index is 3120. The van der Waals surface area contributed by atoms with Crippen molar-refractivity contribution >= 4 is 86.6 Å². The zero-order valence-electron chi connectivity index (χ0n) is 47.6. The summed E-state index contributed by atoms with van der Waals surface area (Å²) in [4.78, 5) is 152. The van der Waals surface area contributed by atoms with E-state index in [1.165, 1.54) is 45.0 Å². The maximum absolute atomic E-state index is 14.5. The summed E-state index contributed by atoms with van der Waals surface area (Å²) in [5, 5.41) is 38.7. The number of hydrogen-bond acceptors (Lipinski definition) is 17. The van der Waals surface area contributed by atoms with Gasteiger partial charge in [-0.15, -0.1) is 0 Å². The van der Waals surface area contributed by atoms with Crippen LogP contribution in [0.1, 0.15) is 103 Å². The van der Waals surface area contributed by atoms with Gasteiger partial charge in [-0.3, -0.25) is 57.8 Å². The number of aromatic hydroxyl groups is 1. The number of rotatable bonds is 32. The minimum atomic E-state index is -5.51. The van der Waals surface area contributed by atoms with E-state index in [9.17, 15) is 75.9 Å². The lowest BCUT2D eigenvalue weighted by Gasteiger charge is -2.27. The van der Waals surface area contributed by atoms with Crippen molar-refractivity contribution in [1.82, 2.24) is 47.5 Å². The van der Waals surface area contributed by atoms with Crippen LogP contribution in [0.5, 0.6) is 5.75 Å². The van der Waals surface area contributed by atoms with Gasteiger partial charge in [-0.25, -0.2) is 4.79 Å². The number of carbonyl (C=O) groups excluding carboxylic acids is 10. The first-order chi connectivity index (χ1) is 40.0. The number of amides is 9. The van der Waals surface area contributed by atoms with Crippen molar-refractivity contribution in [2.75, 3.05) is 6.54 Å². The van der Waals surface area contributed by atoms with E-state index in [4.69, 9.17) is 10.5 Å². The first-order valence-electron chi connectivity index (χ1n) is 27.2. The summed E-state index contributed by atoms with van der Waals surface area (Å²) >= 11 is 0. The number of carbonyl (C=O) groups is 11. The van der Waals surface area contributed by atoms with Gasteiger partial charge in [0, 0.05) is 29.9 Å². The fourth-order valence-electron chi connectivity index (χ4n) is 8.41. The number of phenols is 1. The minimum Gasteiger partial charge on any atom is -0.508 e. The Morgan fingerprint density at radius 2 is 1.12 bits per heavy atom. The van der Waals surface area contributed by atoms with Crippen molar-refractivity contribution in [3.63, 3.8) is 0 Å². The predicted molar refractivity (Wildman–Crippen MR) is 304 cm³/mol. The molecule has 85 heavy (non-hydrogen) atoms. The quantitative estimate of drug-likeness (QED) is 0.0302. The Hall–Kier alpha value is -8.96. The number of ether oxygens (including phenoxy) is 1.